The van der Waals surface area contributed by atoms with Gasteiger partial charge in [0.05, 0.1) is 17.2 Å². The van der Waals surface area contributed by atoms with E-state index in [4.69, 9.17) is 0 Å². The van der Waals surface area contributed by atoms with Crippen LogP contribution in [0, 0.1) is 5.82 Å². The lowest BCUT2D eigenvalue weighted by atomic mass is 9.90. The van der Waals surface area contributed by atoms with Crippen LogP contribution in [-0.4, -0.2) is 26.2 Å². The molecule has 126 valence electrons. The molecule has 0 unspecified atom stereocenters. The van der Waals surface area contributed by atoms with Gasteiger partial charge >= 0.3 is 0 Å². The minimum absolute atomic E-state index is 0.0164. The van der Waals surface area contributed by atoms with E-state index in [9.17, 15) is 9.18 Å². The molecule has 4 rings (SSSR count). The first-order chi connectivity index (χ1) is 12.1. The third kappa shape index (κ3) is 2.44. The summed E-state index contributed by atoms with van der Waals surface area (Å²) >= 11 is 0. The van der Waals surface area contributed by atoms with E-state index in [-0.39, 0.29) is 11.7 Å². The lowest BCUT2D eigenvalue weighted by Gasteiger charge is -2.15. The molecule has 7 heteroatoms. The summed E-state index contributed by atoms with van der Waals surface area (Å²) in [6, 6.07) is 7.07. The number of aromatic nitrogens is 4. The van der Waals surface area contributed by atoms with Gasteiger partial charge in [-0.25, -0.2) is 8.91 Å². The highest BCUT2D eigenvalue weighted by Crippen LogP contribution is 2.37. The number of amides is 1. The number of hydrogen-bond acceptors (Lipinski definition) is 3. The van der Waals surface area contributed by atoms with Crippen LogP contribution >= 0.6 is 0 Å². The van der Waals surface area contributed by atoms with Crippen molar-refractivity contribution >= 4 is 28.6 Å². The first-order valence-electron chi connectivity index (χ1n) is 7.94. The molecule has 0 aliphatic heterocycles. The van der Waals surface area contributed by atoms with Crippen LogP contribution in [0.1, 0.15) is 25.3 Å². The fraction of sp³-hybridized carbons (Fsp3) is 0.167. The van der Waals surface area contributed by atoms with Gasteiger partial charge in [-0.1, -0.05) is 13.8 Å². The highest BCUT2D eigenvalue weighted by molar-refractivity contribution is 5.97. The highest BCUT2D eigenvalue weighted by atomic mass is 19.1. The van der Waals surface area contributed by atoms with Crippen molar-refractivity contribution in [2.75, 3.05) is 5.32 Å². The standard InChI is InChI=1S/C18H16FN5O/c1-10(2)17-14(19)7-15-13(8-21-22-15)18(17)11-3-4-24-12(5-11)6-16(23-24)20-9-25/h3-10H,1-2H3,(H,21,22)(H,20,23,25). The fourth-order valence-corrected chi connectivity index (χ4v) is 3.23. The normalized spacial score (nSPS) is 11.5. The number of hydrogen-bond donors (Lipinski definition) is 2. The Morgan fingerprint density at radius 3 is 2.92 bits per heavy atom. The van der Waals surface area contributed by atoms with Gasteiger partial charge in [-0.3, -0.25) is 9.89 Å². The van der Waals surface area contributed by atoms with Crippen LogP contribution in [0.2, 0.25) is 0 Å². The molecule has 25 heavy (non-hydrogen) atoms. The summed E-state index contributed by atoms with van der Waals surface area (Å²) in [5.41, 5.74) is 3.82. The molecule has 3 heterocycles. The second-order valence-electron chi connectivity index (χ2n) is 6.21. The van der Waals surface area contributed by atoms with Gasteiger partial charge in [0.25, 0.3) is 0 Å². The zero-order valence-corrected chi connectivity index (χ0v) is 13.7. The first-order valence-corrected chi connectivity index (χ1v) is 7.94. The number of carbonyl (C=O) groups excluding carboxylic acids is 1. The molecule has 0 saturated carbocycles. The second-order valence-corrected chi connectivity index (χ2v) is 6.21. The maximum Gasteiger partial charge on any atom is 0.212 e. The molecule has 0 atom stereocenters. The average molecular weight is 337 g/mol. The van der Waals surface area contributed by atoms with Crippen molar-refractivity contribution < 1.29 is 9.18 Å². The summed E-state index contributed by atoms with van der Waals surface area (Å²) in [4.78, 5) is 10.6. The Morgan fingerprint density at radius 1 is 1.32 bits per heavy atom. The smallest absolute Gasteiger partial charge is 0.212 e. The van der Waals surface area contributed by atoms with E-state index in [1.807, 2.05) is 26.0 Å². The number of anilines is 1. The van der Waals surface area contributed by atoms with Crippen molar-refractivity contribution in [2.45, 2.75) is 19.8 Å². The number of H-pyrrole nitrogens is 1. The molecule has 6 nitrogen and oxygen atoms in total. The van der Waals surface area contributed by atoms with Crippen LogP contribution in [-0.2, 0) is 4.79 Å². The number of pyridine rings is 1. The van der Waals surface area contributed by atoms with E-state index in [0.29, 0.717) is 23.3 Å². The Labute approximate surface area is 142 Å². The maximum atomic E-state index is 14.7. The molecule has 0 saturated heterocycles. The quantitative estimate of drug-likeness (QED) is 0.558. The average Bonchev–Trinajstić information content (AvgIpc) is 3.18. The van der Waals surface area contributed by atoms with Gasteiger partial charge in [-0.05, 0) is 40.8 Å². The number of carbonyl (C=O) groups is 1. The van der Waals surface area contributed by atoms with Crippen LogP contribution in [0.3, 0.4) is 0 Å². The van der Waals surface area contributed by atoms with E-state index >= 15 is 0 Å². The van der Waals surface area contributed by atoms with Crippen LogP contribution in [0.5, 0.6) is 0 Å². The molecule has 1 aromatic carbocycles. The molecule has 0 bridgehead atoms. The van der Waals surface area contributed by atoms with E-state index in [1.54, 1.807) is 23.0 Å². The van der Waals surface area contributed by atoms with Crippen LogP contribution in [0.25, 0.3) is 27.5 Å². The molecule has 0 fully saturated rings. The minimum Gasteiger partial charge on any atom is -0.312 e. The number of nitrogens with zero attached hydrogens (tertiary/aromatic N) is 3. The molecule has 0 aliphatic carbocycles. The Bertz CT molecular complexity index is 1100. The van der Waals surface area contributed by atoms with Gasteiger partial charge in [0, 0.05) is 17.6 Å². The van der Waals surface area contributed by atoms with Gasteiger partial charge in [-0.15, -0.1) is 0 Å². The van der Waals surface area contributed by atoms with Crippen molar-refractivity contribution in [3.8, 4) is 11.1 Å². The Morgan fingerprint density at radius 2 is 2.16 bits per heavy atom. The van der Waals surface area contributed by atoms with Crippen molar-refractivity contribution in [2.24, 2.45) is 0 Å². The molecule has 0 radical (unpaired) electrons. The number of aromatic amines is 1. The van der Waals surface area contributed by atoms with Crippen LogP contribution in [0.15, 0.2) is 36.7 Å². The SMILES string of the molecule is CC(C)c1c(F)cc2[nH]ncc2c1-c1ccn2nc(NC=O)cc2c1. The molecular weight excluding hydrogens is 321 g/mol. The van der Waals surface area contributed by atoms with Gasteiger partial charge in [0.1, 0.15) is 5.82 Å². The Hall–Kier alpha value is -3.22. The topological polar surface area (TPSA) is 75.1 Å². The zero-order chi connectivity index (χ0) is 17.6. The van der Waals surface area contributed by atoms with Gasteiger partial charge in [0.2, 0.25) is 6.41 Å². The van der Waals surface area contributed by atoms with E-state index in [1.165, 1.54) is 6.07 Å². The van der Waals surface area contributed by atoms with Gasteiger partial charge in [0.15, 0.2) is 5.82 Å². The third-order valence-electron chi connectivity index (χ3n) is 4.27. The Kier molecular flexibility index (Phi) is 3.49. The number of benzene rings is 1. The molecule has 1 amide bonds. The van der Waals surface area contributed by atoms with Crippen molar-refractivity contribution in [1.82, 2.24) is 19.8 Å². The number of nitrogens with one attached hydrogen (secondary N) is 2. The van der Waals surface area contributed by atoms with E-state index in [2.05, 4.69) is 20.6 Å². The lowest BCUT2D eigenvalue weighted by Crippen LogP contribution is -1.99. The first kappa shape index (κ1) is 15.3. The van der Waals surface area contributed by atoms with Crippen LogP contribution < -0.4 is 5.32 Å². The predicted octanol–water partition coefficient (Wildman–Crippen LogP) is 3.71. The third-order valence-corrected chi connectivity index (χ3v) is 4.27. The van der Waals surface area contributed by atoms with Crippen molar-refractivity contribution in [1.29, 1.82) is 0 Å². The maximum absolute atomic E-state index is 14.7. The summed E-state index contributed by atoms with van der Waals surface area (Å²) in [6.07, 6.45) is 4.10. The van der Waals surface area contributed by atoms with Crippen molar-refractivity contribution in [3.63, 3.8) is 0 Å². The van der Waals surface area contributed by atoms with Gasteiger partial charge < -0.3 is 5.32 Å². The summed E-state index contributed by atoms with van der Waals surface area (Å²) in [7, 11) is 0. The van der Waals surface area contributed by atoms with Gasteiger partial charge in [-0.2, -0.15) is 10.2 Å². The predicted molar refractivity (Wildman–Crippen MR) is 94.0 cm³/mol. The van der Waals surface area contributed by atoms with E-state index in [0.717, 1.165) is 22.0 Å². The second kappa shape index (κ2) is 5.70. The van der Waals surface area contributed by atoms with Crippen molar-refractivity contribution in [3.05, 3.63) is 48.0 Å². The lowest BCUT2D eigenvalue weighted by molar-refractivity contribution is -0.105. The zero-order valence-electron chi connectivity index (χ0n) is 13.7. The van der Waals surface area contributed by atoms with E-state index < -0.39 is 0 Å². The summed E-state index contributed by atoms with van der Waals surface area (Å²) in [5.74, 6) is 0.227. The summed E-state index contributed by atoms with van der Waals surface area (Å²) in [6.45, 7) is 3.94. The summed E-state index contributed by atoms with van der Waals surface area (Å²) in [5, 5.41) is 14.6. The number of halogens is 1. The molecular formula is C18H16FN5O. The minimum atomic E-state index is -0.251. The molecule has 0 aliphatic rings. The molecule has 3 aromatic heterocycles. The largest absolute Gasteiger partial charge is 0.312 e. The highest BCUT2D eigenvalue weighted by Gasteiger charge is 2.19. The Balaban J connectivity index is 1.99. The number of fused-ring (bicyclic) bond motifs is 2. The summed E-state index contributed by atoms with van der Waals surface area (Å²) < 4.78 is 16.4. The molecule has 4 aromatic rings. The molecule has 2 N–H and O–H groups in total. The monoisotopic (exact) mass is 337 g/mol. The molecule has 0 spiro atoms. The van der Waals surface area contributed by atoms with Crippen LogP contribution in [0.4, 0.5) is 10.2 Å². The fourth-order valence-electron chi connectivity index (χ4n) is 3.23. The number of rotatable bonds is 4.